The van der Waals surface area contributed by atoms with E-state index in [1.54, 1.807) is 0 Å². The van der Waals surface area contributed by atoms with Crippen LogP contribution in [0.15, 0.2) is 97.2 Å². The second kappa shape index (κ2) is 67.8. The standard InChI is InChI=1S/C74H128O6/c1-4-7-10-13-16-18-20-22-24-26-28-30-32-34-36-37-39-40-42-44-46-48-50-52-54-56-58-61-64-67-73(76)79-70-71(69-78-72(75)66-63-60-15-12-9-6-3)80-74(77)68-65-62-59-57-55-53-51-49-47-45-43-41-38-35-33-31-29-27-25-23-21-19-17-14-11-8-5-2/h7,10,16,18,21-24,27-30,34,36,39-40,71H,4-6,8-9,11-15,17,19-20,25-26,31-33,35,37-38,41-70H2,1-3H3/b10-7-,18-16-,23-21-,24-22-,29-27-,30-28-,36-34-,40-39-. The Hall–Kier alpha value is -3.67. The van der Waals surface area contributed by atoms with Gasteiger partial charge in [-0.05, 0) is 103 Å². The fourth-order valence-corrected chi connectivity index (χ4v) is 9.71. The van der Waals surface area contributed by atoms with Crippen molar-refractivity contribution in [3.05, 3.63) is 97.2 Å². The molecule has 0 N–H and O–H groups in total. The van der Waals surface area contributed by atoms with Crippen molar-refractivity contribution in [1.82, 2.24) is 0 Å². The van der Waals surface area contributed by atoms with Crippen LogP contribution in [-0.2, 0) is 28.6 Å². The number of allylic oxidation sites excluding steroid dienone is 16. The highest BCUT2D eigenvalue weighted by molar-refractivity contribution is 5.71. The number of hydrogen-bond acceptors (Lipinski definition) is 6. The predicted octanol–water partition coefficient (Wildman–Crippen LogP) is 23.6. The number of hydrogen-bond donors (Lipinski definition) is 0. The largest absolute Gasteiger partial charge is 0.462 e. The molecule has 1 unspecified atom stereocenters. The Balaban J connectivity index is 4.06. The van der Waals surface area contributed by atoms with E-state index in [4.69, 9.17) is 14.2 Å². The van der Waals surface area contributed by atoms with Gasteiger partial charge in [-0.2, -0.15) is 0 Å². The van der Waals surface area contributed by atoms with Crippen molar-refractivity contribution in [3.63, 3.8) is 0 Å². The third kappa shape index (κ3) is 65.1. The lowest BCUT2D eigenvalue weighted by molar-refractivity contribution is -0.167. The molecule has 0 saturated heterocycles. The van der Waals surface area contributed by atoms with Gasteiger partial charge >= 0.3 is 17.9 Å². The number of esters is 3. The van der Waals surface area contributed by atoms with Crippen LogP contribution in [-0.4, -0.2) is 37.2 Å². The van der Waals surface area contributed by atoms with Gasteiger partial charge < -0.3 is 14.2 Å². The fourth-order valence-electron chi connectivity index (χ4n) is 9.71. The summed E-state index contributed by atoms with van der Waals surface area (Å²) in [6.45, 7) is 6.48. The SMILES string of the molecule is CC/C=C\C/C=C\C/C=C\C/C=C\C/C=C\C/C=C\CCCCCCCCCCCCC(=O)OCC(COC(=O)CCCCCCCC)OC(=O)CCCCCCCCCCCCCCCCC/C=C\C/C=C\CCCCCCC. The van der Waals surface area contributed by atoms with Crippen LogP contribution >= 0.6 is 0 Å². The van der Waals surface area contributed by atoms with Crippen LogP contribution < -0.4 is 0 Å². The van der Waals surface area contributed by atoms with Gasteiger partial charge in [0.2, 0.25) is 0 Å². The second-order valence-electron chi connectivity index (χ2n) is 22.7. The Labute approximate surface area is 496 Å². The monoisotopic (exact) mass is 1110 g/mol. The summed E-state index contributed by atoms with van der Waals surface area (Å²) in [7, 11) is 0. The third-order valence-electron chi connectivity index (χ3n) is 14.8. The Morgan fingerprint density at radius 3 is 0.762 bits per heavy atom. The molecule has 0 aromatic rings. The zero-order chi connectivity index (χ0) is 57.8. The molecule has 0 amide bonds. The molecule has 1 atom stereocenters. The molecule has 0 bridgehead atoms. The Bertz CT molecular complexity index is 1560. The first kappa shape index (κ1) is 76.3. The predicted molar refractivity (Wildman–Crippen MR) is 348 cm³/mol. The smallest absolute Gasteiger partial charge is 0.306 e. The summed E-state index contributed by atoms with van der Waals surface area (Å²) in [6, 6.07) is 0. The van der Waals surface area contributed by atoms with E-state index in [2.05, 4.69) is 118 Å². The summed E-state index contributed by atoms with van der Waals surface area (Å²) in [6.07, 6.45) is 91.8. The molecule has 0 radical (unpaired) electrons. The van der Waals surface area contributed by atoms with Gasteiger partial charge in [0.1, 0.15) is 13.2 Å². The molecule has 0 spiro atoms. The van der Waals surface area contributed by atoms with Crippen LogP contribution in [0.1, 0.15) is 335 Å². The molecule has 0 aromatic heterocycles. The quantitative estimate of drug-likeness (QED) is 0.0261. The molecule has 0 fully saturated rings. The number of rotatable bonds is 62. The van der Waals surface area contributed by atoms with Crippen LogP contribution in [0.4, 0.5) is 0 Å². The second-order valence-corrected chi connectivity index (χ2v) is 22.7. The van der Waals surface area contributed by atoms with Gasteiger partial charge in [-0.1, -0.05) is 311 Å². The van der Waals surface area contributed by atoms with Gasteiger partial charge in [0.15, 0.2) is 6.10 Å². The minimum atomic E-state index is -0.776. The lowest BCUT2D eigenvalue weighted by atomic mass is 10.0. The molecule has 80 heavy (non-hydrogen) atoms. The summed E-state index contributed by atoms with van der Waals surface area (Å²) in [5, 5.41) is 0. The maximum absolute atomic E-state index is 12.9. The number of carbonyl (C=O) groups is 3. The molecule has 460 valence electrons. The fraction of sp³-hybridized carbons (Fsp3) is 0.743. The maximum atomic E-state index is 12.9. The Morgan fingerprint density at radius 2 is 0.487 bits per heavy atom. The lowest BCUT2D eigenvalue weighted by Gasteiger charge is -2.18. The third-order valence-corrected chi connectivity index (χ3v) is 14.8. The minimum absolute atomic E-state index is 0.0762. The van der Waals surface area contributed by atoms with Gasteiger partial charge in [0.05, 0.1) is 0 Å². The van der Waals surface area contributed by atoms with E-state index in [9.17, 15) is 14.4 Å². The summed E-state index contributed by atoms with van der Waals surface area (Å²) in [5.74, 6) is -0.878. The van der Waals surface area contributed by atoms with Gasteiger partial charge in [-0.15, -0.1) is 0 Å². The highest BCUT2D eigenvalue weighted by Crippen LogP contribution is 2.17. The zero-order valence-corrected chi connectivity index (χ0v) is 52.8. The van der Waals surface area contributed by atoms with Gasteiger partial charge in [-0.3, -0.25) is 14.4 Å². The van der Waals surface area contributed by atoms with Crippen LogP contribution in [0, 0.1) is 0 Å². The number of ether oxygens (including phenoxy) is 3. The highest BCUT2D eigenvalue weighted by Gasteiger charge is 2.19. The molecule has 0 aliphatic carbocycles. The van der Waals surface area contributed by atoms with Crippen molar-refractivity contribution in [1.29, 1.82) is 0 Å². The number of unbranched alkanes of at least 4 members (excludes halogenated alkanes) is 35. The van der Waals surface area contributed by atoms with Crippen molar-refractivity contribution in [2.24, 2.45) is 0 Å². The molecule has 6 nitrogen and oxygen atoms in total. The Kier molecular flexibility index (Phi) is 64.7. The summed E-state index contributed by atoms with van der Waals surface area (Å²) < 4.78 is 16.8. The maximum Gasteiger partial charge on any atom is 0.306 e. The van der Waals surface area contributed by atoms with Crippen LogP contribution in [0.25, 0.3) is 0 Å². The van der Waals surface area contributed by atoms with E-state index in [1.165, 1.54) is 193 Å². The summed E-state index contributed by atoms with van der Waals surface area (Å²) in [5.41, 5.74) is 0. The van der Waals surface area contributed by atoms with Crippen LogP contribution in [0.5, 0.6) is 0 Å². The van der Waals surface area contributed by atoms with Crippen molar-refractivity contribution >= 4 is 17.9 Å². The number of carbonyl (C=O) groups excluding carboxylic acids is 3. The Morgan fingerprint density at radius 1 is 0.263 bits per heavy atom. The summed E-state index contributed by atoms with van der Waals surface area (Å²) >= 11 is 0. The van der Waals surface area contributed by atoms with Gasteiger partial charge in [0, 0.05) is 19.3 Å². The molecular formula is C74H128O6. The molecule has 0 heterocycles. The van der Waals surface area contributed by atoms with E-state index in [0.29, 0.717) is 19.3 Å². The average molecular weight is 1110 g/mol. The van der Waals surface area contributed by atoms with E-state index in [-0.39, 0.29) is 31.1 Å². The average Bonchev–Trinajstić information content (AvgIpc) is 3.46. The van der Waals surface area contributed by atoms with Crippen LogP contribution in [0.2, 0.25) is 0 Å². The van der Waals surface area contributed by atoms with Crippen molar-refractivity contribution in [2.75, 3.05) is 13.2 Å². The first-order valence-corrected chi connectivity index (χ1v) is 34.2. The first-order valence-electron chi connectivity index (χ1n) is 34.2. The van der Waals surface area contributed by atoms with E-state index < -0.39 is 6.10 Å². The molecule has 0 saturated carbocycles. The van der Waals surface area contributed by atoms with Gasteiger partial charge in [-0.25, -0.2) is 0 Å². The van der Waals surface area contributed by atoms with Crippen LogP contribution in [0.3, 0.4) is 0 Å². The normalized spacial score (nSPS) is 12.7. The summed E-state index contributed by atoms with van der Waals surface area (Å²) in [4.78, 5) is 38.1. The molecule has 0 aromatic carbocycles. The lowest BCUT2D eigenvalue weighted by Crippen LogP contribution is -2.30. The van der Waals surface area contributed by atoms with Crippen molar-refractivity contribution in [2.45, 2.75) is 341 Å². The molecule has 0 aliphatic heterocycles. The highest BCUT2D eigenvalue weighted by atomic mass is 16.6. The molecule has 0 rings (SSSR count). The van der Waals surface area contributed by atoms with Crippen molar-refractivity contribution < 1.29 is 28.6 Å². The zero-order valence-electron chi connectivity index (χ0n) is 52.8. The molecular weight excluding hydrogens is 985 g/mol. The molecule has 6 heteroatoms. The van der Waals surface area contributed by atoms with E-state index in [0.717, 1.165) is 103 Å². The van der Waals surface area contributed by atoms with Gasteiger partial charge in [0.25, 0.3) is 0 Å². The first-order chi connectivity index (χ1) is 39.5. The minimum Gasteiger partial charge on any atom is -0.462 e. The molecule has 0 aliphatic rings. The topological polar surface area (TPSA) is 78.9 Å². The van der Waals surface area contributed by atoms with Crippen molar-refractivity contribution in [3.8, 4) is 0 Å². The van der Waals surface area contributed by atoms with E-state index in [1.807, 2.05) is 0 Å². The van der Waals surface area contributed by atoms with E-state index >= 15 is 0 Å².